The lowest BCUT2D eigenvalue weighted by Gasteiger charge is -2.29. The van der Waals surface area contributed by atoms with Crippen LogP contribution >= 0.6 is 11.6 Å². The number of ether oxygens (including phenoxy) is 1. The molecule has 0 amide bonds. The van der Waals surface area contributed by atoms with Crippen LogP contribution in [0.3, 0.4) is 0 Å². The van der Waals surface area contributed by atoms with Crippen LogP contribution in [0.2, 0.25) is 5.02 Å². The minimum absolute atomic E-state index is 0.241. The highest BCUT2D eigenvalue weighted by atomic mass is 35.5. The summed E-state index contributed by atoms with van der Waals surface area (Å²) in [5.41, 5.74) is 6.75. The number of hydrogen-bond donors (Lipinski definition) is 1. The van der Waals surface area contributed by atoms with Crippen molar-refractivity contribution < 1.29 is 9.53 Å². The molecule has 3 heterocycles. The van der Waals surface area contributed by atoms with Crippen molar-refractivity contribution >= 4 is 23.3 Å². The summed E-state index contributed by atoms with van der Waals surface area (Å²) in [5.74, 6) is -0.562. The molecule has 1 atom stereocenters. The number of halogens is 1. The maximum Gasteiger partial charge on any atom is 0.337 e. The van der Waals surface area contributed by atoms with Gasteiger partial charge in [-0.05, 0) is 24.1 Å². The molecule has 1 aromatic heterocycles. The molecular weight excluding hydrogens is 372 g/mol. The van der Waals surface area contributed by atoms with E-state index in [2.05, 4.69) is 16.1 Å². The van der Waals surface area contributed by atoms with E-state index in [1.165, 1.54) is 5.69 Å². The number of anilines is 1. The fourth-order valence-corrected chi connectivity index (χ4v) is 4.21. The number of rotatable bonds is 4. The summed E-state index contributed by atoms with van der Waals surface area (Å²) in [6, 6.07) is 17.4. The number of fused-ring (bicyclic) bond motifs is 3. The summed E-state index contributed by atoms with van der Waals surface area (Å²) in [4.78, 5) is 13.1. The normalized spacial score (nSPS) is 16.9. The molecule has 28 heavy (non-hydrogen) atoms. The molecule has 0 aliphatic carbocycles. The first-order valence-corrected chi connectivity index (χ1v) is 9.66. The molecule has 2 aromatic carbocycles. The average molecular weight is 391 g/mol. The highest BCUT2D eigenvalue weighted by Gasteiger charge is 2.39. The van der Waals surface area contributed by atoms with Crippen LogP contribution in [-0.2, 0) is 22.7 Å². The van der Waals surface area contributed by atoms with Gasteiger partial charge in [-0.15, -0.1) is 0 Å². The third kappa shape index (κ3) is 2.81. The van der Waals surface area contributed by atoms with E-state index < -0.39 is 0 Å². The molecule has 5 rings (SSSR count). The minimum atomic E-state index is -0.320. The van der Waals surface area contributed by atoms with Gasteiger partial charge in [0.05, 0.1) is 23.5 Å². The Labute approximate surface area is 168 Å². The Morgan fingerprint density at radius 3 is 2.68 bits per heavy atom. The minimum Gasteiger partial charge on any atom is -0.457 e. The molecule has 5 heteroatoms. The van der Waals surface area contributed by atoms with Gasteiger partial charge in [0.2, 0.25) is 0 Å². The number of allylic oxidation sites excluding steroid dienone is 1. The molecule has 0 bridgehead atoms. The van der Waals surface area contributed by atoms with Crippen LogP contribution in [0.15, 0.2) is 72.1 Å². The van der Waals surface area contributed by atoms with Gasteiger partial charge >= 0.3 is 5.97 Å². The van der Waals surface area contributed by atoms with E-state index in [1.54, 1.807) is 0 Å². The van der Waals surface area contributed by atoms with Gasteiger partial charge in [0.1, 0.15) is 6.61 Å². The molecule has 0 fully saturated rings. The van der Waals surface area contributed by atoms with Crippen molar-refractivity contribution in [2.75, 3.05) is 5.32 Å². The van der Waals surface area contributed by atoms with Crippen molar-refractivity contribution in [3.8, 4) is 0 Å². The summed E-state index contributed by atoms with van der Waals surface area (Å²) < 4.78 is 7.87. The number of nitrogens with zero attached hydrogens (tertiary/aromatic N) is 1. The zero-order valence-electron chi connectivity index (χ0n) is 15.4. The summed E-state index contributed by atoms with van der Waals surface area (Å²) in [6.07, 6.45) is 2.11. The molecule has 0 saturated heterocycles. The largest absolute Gasteiger partial charge is 0.457 e. The second kappa shape index (κ2) is 6.57. The molecule has 0 saturated carbocycles. The topological polar surface area (TPSA) is 43.3 Å². The summed E-state index contributed by atoms with van der Waals surface area (Å²) >= 11 is 6.53. The highest BCUT2D eigenvalue weighted by molar-refractivity contribution is 6.31. The lowest BCUT2D eigenvalue weighted by molar-refractivity contribution is -0.140. The smallest absolute Gasteiger partial charge is 0.337 e. The first-order valence-electron chi connectivity index (χ1n) is 9.28. The van der Waals surface area contributed by atoms with E-state index in [-0.39, 0.29) is 18.5 Å². The first kappa shape index (κ1) is 17.1. The standard InChI is InChI=1S/C23H19ClN2O2/c1-14-20(23(27)28-13-15-7-3-2-4-8-15)21(16-9-5-6-10-18(16)24)17-11-26-12-19(26)22(17)25-14/h2-11,21,25H,12-13H2,1H3. The molecule has 140 valence electrons. The molecule has 4 nitrogen and oxygen atoms in total. The quantitative estimate of drug-likeness (QED) is 0.494. The predicted molar refractivity (Wildman–Crippen MR) is 109 cm³/mol. The van der Waals surface area contributed by atoms with Crippen molar-refractivity contribution in [2.45, 2.75) is 26.0 Å². The van der Waals surface area contributed by atoms with E-state index in [4.69, 9.17) is 16.3 Å². The number of benzene rings is 2. The van der Waals surface area contributed by atoms with E-state index in [9.17, 15) is 4.79 Å². The van der Waals surface area contributed by atoms with Crippen LogP contribution in [0.4, 0.5) is 5.69 Å². The highest BCUT2D eigenvalue weighted by Crippen LogP contribution is 2.49. The van der Waals surface area contributed by atoms with Crippen LogP contribution in [0.5, 0.6) is 0 Å². The van der Waals surface area contributed by atoms with Crippen LogP contribution in [-0.4, -0.2) is 10.5 Å². The number of aromatic nitrogens is 1. The van der Waals surface area contributed by atoms with Crippen molar-refractivity contribution in [1.82, 2.24) is 4.57 Å². The molecule has 0 spiro atoms. The van der Waals surface area contributed by atoms with Crippen LogP contribution in [0.1, 0.15) is 35.2 Å². The molecule has 1 N–H and O–H groups in total. The lowest BCUT2D eigenvalue weighted by atomic mass is 9.82. The zero-order valence-corrected chi connectivity index (χ0v) is 16.2. The van der Waals surface area contributed by atoms with Gasteiger partial charge in [-0.2, -0.15) is 0 Å². The second-order valence-corrected chi connectivity index (χ2v) is 7.62. The Hall–Kier alpha value is -2.98. The molecular formula is C23H19ClN2O2. The Bertz CT molecular complexity index is 1110. The fraction of sp³-hybridized carbons (Fsp3) is 0.174. The Kier molecular flexibility index (Phi) is 4.02. The number of esters is 1. The number of nitrogens with one attached hydrogen (secondary N) is 1. The monoisotopic (exact) mass is 390 g/mol. The SMILES string of the molecule is CC1=C(C(=O)OCc2ccccc2)C(c2ccccc2Cl)c2cn3c(c2N1)C3. The van der Waals surface area contributed by atoms with Crippen LogP contribution in [0.25, 0.3) is 0 Å². The Morgan fingerprint density at radius 1 is 1.14 bits per heavy atom. The zero-order chi connectivity index (χ0) is 19.3. The molecule has 0 radical (unpaired) electrons. The van der Waals surface area contributed by atoms with Crippen molar-refractivity contribution in [2.24, 2.45) is 0 Å². The van der Waals surface area contributed by atoms with Gasteiger partial charge in [-0.1, -0.05) is 60.1 Å². The van der Waals surface area contributed by atoms with Crippen molar-refractivity contribution in [3.63, 3.8) is 0 Å². The third-order valence-corrected chi connectivity index (χ3v) is 5.74. The van der Waals surface area contributed by atoms with Gasteiger partial charge in [-0.3, -0.25) is 0 Å². The molecule has 2 aliphatic rings. The van der Waals surface area contributed by atoms with Gasteiger partial charge in [-0.25, -0.2) is 4.79 Å². The lowest BCUT2D eigenvalue weighted by Crippen LogP contribution is -2.24. The van der Waals surface area contributed by atoms with Crippen LogP contribution < -0.4 is 5.32 Å². The average Bonchev–Trinajstić information content (AvgIpc) is 3.39. The number of carbonyl (C=O) groups excluding carboxylic acids is 1. The summed E-state index contributed by atoms with van der Waals surface area (Å²) in [6.45, 7) is 3.12. The van der Waals surface area contributed by atoms with Crippen molar-refractivity contribution in [1.29, 1.82) is 0 Å². The number of hydrogen-bond acceptors (Lipinski definition) is 3. The van der Waals surface area contributed by atoms with E-state index in [0.29, 0.717) is 10.6 Å². The fourth-order valence-electron chi connectivity index (χ4n) is 3.97. The molecule has 3 aromatic rings. The first-order chi connectivity index (χ1) is 13.6. The third-order valence-electron chi connectivity index (χ3n) is 5.40. The maximum absolute atomic E-state index is 13.1. The Morgan fingerprint density at radius 2 is 1.89 bits per heavy atom. The van der Waals surface area contributed by atoms with E-state index in [1.807, 2.05) is 61.5 Å². The Balaban J connectivity index is 1.53. The summed E-state index contributed by atoms with van der Waals surface area (Å²) in [5, 5.41) is 4.07. The molecule has 2 aliphatic heterocycles. The van der Waals surface area contributed by atoms with Gasteiger partial charge < -0.3 is 14.6 Å². The second-order valence-electron chi connectivity index (χ2n) is 7.21. The van der Waals surface area contributed by atoms with Crippen molar-refractivity contribution in [3.05, 3.63) is 99.5 Å². The predicted octanol–water partition coefficient (Wildman–Crippen LogP) is 5.08. The van der Waals surface area contributed by atoms with E-state index >= 15 is 0 Å². The van der Waals surface area contributed by atoms with Gasteiger partial charge in [0.25, 0.3) is 0 Å². The van der Waals surface area contributed by atoms with Gasteiger partial charge in [0.15, 0.2) is 0 Å². The van der Waals surface area contributed by atoms with E-state index in [0.717, 1.165) is 34.6 Å². The van der Waals surface area contributed by atoms with Crippen LogP contribution in [0, 0.1) is 0 Å². The maximum atomic E-state index is 13.1. The molecule has 1 unspecified atom stereocenters. The summed E-state index contributed by atoms with van der Waals surface area (Å²) in [7, 11) is 0. The number of carbonyl (C=O) groups is 1. The van der Waals surface area contributed by atoms with Gasteiger partial charge in [0, 0.05) is 28.4 Å².